The third-order valence-corrected chi connectivity index (χ3v) is 3.19. The highest BCUT2D eigenvalue weighted by molar-refractivity contribution is 5.45. The number of unbranched alkanes of at least 4 members (excludes halogenated alkanes) is 1. The van der Waals surface area contributed by atoms with Crippen molar-refractivity contribution in [3.63, 3.8) is 0 Å². The first-order valence-corrected chi connectivity index (χ1v) is 6.65. The van der Waals surface area contributed by atoms with E-state index in [4.69, 9.17) is 4.42 Å². The first-order chi connectivity index (χ1) is 8.79. The zero-order chi connectivity index (χ0) is 12.8. The summed E-state index contributed by atoms with van der Waals surface area (Å²) in [5.74, 6) is 1.00. The normalized spacial score (nSPS) is 10.6. The van der Waals surface area contributed by atoms with Crippen LogP contribution in [-0.4, -0.2) is 0 Å². The number of hydrogen-bond acceptors (Lipinski definition) is 2. The Labute approximate surface area is 109 Å². The highest BCUT2D eigenvalue weighted by Gasteiger charge is 2.01. The summed E-state index contributed by atoms with van der Waals surface area (Å²) in [7, 11) is 0. The molecule has 18 heavy (non-hydrogen) atoms. The van der Waals surface area contributed by atoms with Gasteiger partial charge in [0.15, 0.2) is 0 Å². The van der Waals surface area contributed by atoms with Crippen LogP contribution in [0.3, 0.4) is 0 Å². The summed E-state index contributed by atoms with van der Waals surface area (Å²) in [5, 5.41) is 3.38. The lowest BCUT2D eigenvalue weighted by atomic mass is 10.1. The maximum Gasteiger partial charge on any atom is 0.125 e. The molecule has 96 valence electrons. The predicted octanol–water partition coefficient (Wildman–Crippen LogP) is 4.54. The van der Waals surface area contributed by atoms with Crippen molar-refractivity contribution >= 4 is 5.69 Å². The summed E-state index contributed by atoms with van der Waals surface area (Å²) in [5.41, 5.74) is 3.75. The number of anilines is 1. The van der Waals surface area contributed by atoms with Gasteiger partial charge in [0.2, 0.25) is 0 Å². The fourth-order valence-corrected chi connectivity index (χ4v) is 1.94. The highest BCUT2D eigenvalue weighted by atomic mass is 16.3. The van der Waals surface area contributed by atoms with E-state index in [2.05, 4.69) is 43.4 Å². The van der Waals surface area contributed by atoms with Gasteiger partial charge in [0, 0.05) is 5.69 Å². The van der Waals surface area contributed by atoms with E-state index in [1.165, 1.54) is 30.4 Å². The zero-order valence-corrected chi connectivity index (χ0v) is 11.2. The average Bonchev–Trinajstić information content (AvgIpc) is 2.81. The molecule has 0 saturated carbocycles. The van der Waals surface area contributed by atoms with Crippen molar-refractivity contribution in [1.29, 1.82) is 0 Å². The second-order valence-corrected chi connectivity index (χ2v) is 4.68. The van der Waals surface area contributed by atoms with E-state index >= 15 is 0 Å². The average molecular weight is 243 g/mol. The summed E-state index contributed by atoms with van der Waals surface area (Å²) in [6.45, 7) is 5.03. The Hall–Kier alpha value is -1.70. The largest absolute Gasteiger partial charge is 0.467 e. The number of furan rings is 1. The van der Waals surface area contributed by atoms with Crippen LogP contribution in [0.2, 0.25) is 0 Å². The van der Waals surface area contributed by atoms with Crippen LogP contribution in [0, 0.1) is 6.92 Å². The Morgan fingerprint density at radius 3 is 2.50 bits per heavy atom. The van der Waals surface area contributed by atoms with Gasteiger partial charge in [-0.25, -0.2) is 0 Å². The molecule has 0 amide bonds. The smallest absolute Gasteiger partial charge is 0.125 e. The molecular weight excluding hydrogens is 222 g/mol. The number of rotatable bonds is 6. The Bertz CT molecular complexity index is 470. The minimum Gasteiger partial charge on any atom is -0.467 e. The molecule has 0 radical (unpaired) electrons. The third kappa shape index (κ3) is 3.39. The quantitative estimate of drug-likeness (QED) is 0.805. The molecule has 0 fully saturated rings. The van der Waals surface area contributed by atoms with Gasteiger partial charge in [-0.2, -0.15) is 0 Å². The second kappa shape index (κ2) is 6.29. The summed E-state index contributed by atoms with van der Waals surface area (Å²) >= 11 is 0. The topological polar surface area (TPSA) is 25.2 Å². The number of aryl methyl sites for hydroxylation is 2. The molecule has 2 aromatic rings. The molecule has 0 spiro atoms. The lowest BCUT2D eigenvalue weighted by Gasteiger charge is -2.06. The summed E-state index contributed by atoms with van der Waals surface area (Å²) in [6, 6.07) is 10.7. The van der Waals surface area contributed by atoms with Gasteiger partial charge in [0.05, 0.1) is 12.8 Å². The van der Waals surface area contributed by atoms with Crippen molar-refractivity contribution in [1.82, 2.24) is 0 Å². The fraction of sp³-hybridized carbons (Fsp3) is 0.375. The molecule has 2 heteroatoms. The maximum absolute atomic E-state index is 5.40. The first-order valence-electron chi connectivity index (χ1n) is 6.65. The minimum atomic E-state index is 0.743. The van der Waals surface area contributed by atoms with E-state index < -0.39 is 0 Å². The van der Waals surface area contributed by atoms with Crippen molar-refractivity contribution in [3.8, 4) is 0 Å². The van der Waals surface area contributed by atoms with Crippen molar-refractivity contribution in [2.45, 2.75) is 39.7 Å². The third-order valence-electron chi connectivity index (χ3n) is 3.19. The molecule has 1 aromatic carbocycles. The van der Waals surface area contributed by atoms with Gasteiger partial charge in [-0.1, -0.05) is 25.5 Å². The van der Waals surface area contributed by atoms with E-state index in [1.807, 2.05) is 6.07 Å². The monoisotopic (exact) mass is 243 g/mol. The van der Waals surface area contributed by atoms with Crippen LogP contribution in [0.25, 0.3) is 0 Å². The molecule has 0 aliphatic carbocycles. The zero-order valence-electron chi connectivity index (χ0n) is 11.2. The van der Waals surface area contributed by atoms with Crippen molar-refractivity contribution in [3.05, 3.63) is 53.5 Å². The van der Waals surface area contributed by atoms with Gasteiger partial charge >= 0.3 is 0 Å². The minimum absolute atomic E-state index is 0.743. The van der Waals surface area contributed by atoms with E-state index in [0.717, 1.165) is 18.0 Å². The summed E-state index contributed by atoms with van der Waals surface area (Å²) in [4.78, 5) is 0. The molecule has 2 nitrogen and oxygen atoms in total. The lowest BCUT2D eigenvalue weighted by Crippen LogP contribution is -1.99. The summed E-state index contributed by atoms with van der Waals surface area (Å²) in [6.07, 6.45) is 5.42. The number of nitrogens with one attached hydrogen (secondary N) is 1. The second-order valence-electron chi connectivity index (χ2n) is 4.68. The van der Waals surface area contributed by atoms with Gasteiger partial charge in [0.25, 0.3) is 0 Å². The Kier molecular flexibility index (Phi) is 4.46. The van der Waals surface area contributed by atoms with Crippen LogP contribution in [0.5, 0.6) is 0 Å². The predicted molar refractivity (Wildman–Crippen MR) is 75.8 cm³/mol. The van der Waals surface area contributed by atoms with Crippen LogP contribution in [0.15, 0.2) is 41.0 Å². The van der Waals surface area contributed by atoms with Crippen molar-refractivity contribution in [2.24, 2.45) is 0 Å². The number of hydrogen-bond donors (Lipinski definition) is 1. The van der Waals surface area contributed by atoms with E-state index in [9.17, 15) is 0 Å². The molecule has 0 unspecified atom stereocenters. The maximum atomic E-state index is 5.40. The number of benzene rings is 1. The Morgan fingerprint density at radius 1 is 1.11 bits per heavy atom. The van der Waals surface area contributed by atoms with Crippen LogP contribution in [-0.2, 0) is 13.0 Å². The lowest BCUT2D eigenvalue weighted by molar-refractivity contribution is 0.515. The SMILES string of the molecule is CCCCc1ccc(NCc2occc2C)cc1. The standard InChI is InChI=1S/C16H21NO/c1-3-4-5-14-6-8-15(9-7-14)17-12-16-13(2)10-11-18-16/h6-11,17H,3-5,12H2,1-2H3. The van der Waals surface area contributed by atoms with Crippen LogP contribution in [0.1, 0.15) is 36.7 Å². The molecular formula is C16H21NO. The molecule has 0 aliphatic rings. The van der Waals surface area contributed by atoms with E-state index in [1.54, 1.807) is 6.26 Å². The van der Waals surface area contributed by atoms with Crippen molar-refractivity contribution < 1.29 is 4.42 Å². The molecule has 1 aromatic heterocycles. The fourth-order valence-electron chi connectivity index (χ4n) is 1.94. The van der Waals surface area contributed by atoms with Crippen molar-refractivity contribution in [2.75, 3.05) is 5.32 Å². The Morgan fingerprint density at radius 2 is 1.89 bits per heavy atom. The van der Waals surface area contributed by atoms with E-state index in [-0.39, 0.29) is 0 Å². The Balaban J connectivity index is 1.88. The van der Waals surface area contributed by atoms with E-state index in [0.29, 0.717) is 0 Å². The van der Waals surface area contributed by atoms with Crippen LogP contribution < -0.4 is 5.32 Å². The molecule has 0 saturated heterocycles. The van der Waals surface area contributed by atoms with Gasteiger partial charge in [-0.15, -0.1) is 0 Å². The van der Waals surface area contributed by atoms with Crippen LogP contribution >= 0.6 is 0 Å². The molecule has 2 rings (SSSR count). The van der Waals surface area contributed by atoms with Gasteiger partial charge in [0.1, 0.15) is 5.76 Å². The van der Waals surface area contributed by atoms with Gasteiger partial charge < -0.3 is 9.73 Å². The molecule has 1 heterocycles. The van der Waals surface area contributed by atoms with Gasteiger partial charge in [-0.3, -0.25) is 0 Å². The molecule has 1 N–H and O–H groups in total. The molecule has 0 aliphatic heterocycles. The first kappa shape index (κ1) is 12.7. The van der Waals surface area contributed by atoms with Crippen LogP contribution in [0.4, 0.5) is 5.69 Å². The van der Waals surface area contributed by atoms with Gasteiger partial charge in [-0.05, 0) is 49.1 Å². The highest BCUT2D eigenvalue weighted by Crippen LogP contribution is 2.15. The summed E-state index contributed by atoms with van der Waals surface area (Å²) < 4.78 is 5.40. The molecule has 0 bridgehead atoms. The molecule has 0 atom stereocenters.